The second-order valence-corrected chi connectivity index (χ2v) is 5.99. The fourth-order valence-electron chi connectivity index (χ4n) is 3.05. The quantitative estimate of drug-likeness (QED) is 0.775. The average molecular weight is 279 g/mol. The maximum Gasteiger partial charge on any atom is 0.297 e. The Morgan fingerprint density at radius 1 is 1.25 bits per heavy atom. The number of nitrogens with one attached hydrogen (secondary N) is 1. The molecule has 1 saturated heterocycles. The van der Waals surface area contributed by atoms with E-state index in [2.05, 4.69) is 36.0 Å². The van der Waals surface area contributed by atoms with Crippen molar-refractivity contribution >= 4 is 6.01 Å². The van der Waals surface area contributed by atoms with Crippen LogP contribution in [0.1, 0.15) is 58.6 Å². The average Bonchev–Trinajstić information content (AvgIpc) is 2.96. The van der Waals surface area contributed by atoms with Gasteiger partial charge in [0.2, 0.25) is 0 Å². The fourth-order valence-corrected chi connectivity index (χ4v) is 3.05. The first-order valence-electron chi connectivity index (χ1n) is 8.13. The summed E-state index contributed by atoms with van der Waals surface area (Å²) in [6.07, 6.45) is 8.02. The molecule has 0 unspecified atom stereocenters. The molecular formula is C16H29N3O. The molecule has 1 aliphatic heterocycles. The minimum Gasteiger partial charge on any atom is -0.432 e. The van der Waals surface area contributed by atoms with Gasteiger partial charge in [0.1, 0.15) is 6.26 Å². The van der Waals surface area contributed by atoms with Crippen LogP contribution in [0.3, 0.4) is 0 Å². The van der Waals surface area contributed by atoms with Crippen LogP contribution in [0.4, 0.5) is 6.01 Å². The molecule has 1 aromatic rings. The van der Waals surface area contributed by atoms with Crippen LogP contribution < -0.4 is 10.2 Å². The first-order chi connectivity index (χ1) is 9.73. The van der Waals surface area contributed by atoms with Crippen molar-refractivity contribution in [3.05, 3.63) is 12.0 Å². The number of rotatable bonds is 7. The summed E-state index contributed by atoms with van der Waals surface area (Å²) in [5, 5.41) is 3.36. The second kappa shape index (κ2) is 7.11. The highest BCUT2D eigenvalue weighted by atomic mass is 16.4. The Balaban J connectivity index is 1.87. The van der Waals surface area contributed by atoms with Gasteiger partial charge in [0, 0.05) is 19.6 Å². The third kappa shape index (κ3) is 3.54. The zero-order valence-corrected chi connectivity index (χ0v) is 13.2. The van der Waals surface area contributed by atoms with Gasteiger partial charge in [-0.05, 0) is 31.2 Å². The van der Waals surface area contributed by atoms with Gasteiger partial charge in [-0.25, -0.2) is 0 Å². The zero-order valence-electron chi connectivity index (χ0n) is 13.2. The molecule has 4 nitrogen and oxygen atoms in total. The summed E-state index contributed by atoms with van der Waals surface area (Å²) >= 11 is 0. The third-order valence-electron chi connectivity index (χ3n) is 4.87. The van der Waals surface area contributed by atoms with Crippen molar-refractivity contribution < 1.29 is 4.42 Å². The number of piperidine rings is 1. The van der Waals surface area contributed by atoms with E-state index >= 15 is 0 Å². The predicted octanol–water partition coefficient (Wildman–Crippen LogP) is 3.58. The Labute approximate surface area is 122 Å². The van der Waals surface area contributed by atoms with Crippen molar-refractivity contribution in [1.82, 2.24) is 10.3 Å². The van der Waals surface area contributed by atoms with Gasteiger partial charge in [0.15, 0.2) is 0 Å². The van der Waals surface area contributed by atoms with Crippen LogP contribution in [0.15, 0.2) is 10.7 Å². The number of hydrogen-bond acceptors (Lipinski definition) is 4. The lowest BCUT2D eigenvalue weighted by molar-refractivity contribution is 0.196. The van der Waals surface area contributed by atoms with Crippen LogP contribution in [0.2, 0.25) is 0 Å². The lowest BCUT2D eigenvalue weighted by atomic mass is 9.74. The largest absolute Gasteiger partial charge is 0.432 e. The Morgan fingerprint density at radius 3 is 2.55 bits per heavy atom. The van der Waals surface area contributed by atoms with Crippen molar-refractivity contribution in [2.45, 2.75) is 59.4 Å². The highest BCUT2D eigenvalue weighted by Crippen LogP contribution is 2.38. The summed E-state index contributed by atoms with van der Waals surface area (Å²) in [6, 6.07) is 0.805. The highest BCUT2D eigenvalue weighted by Gasteiger charge is 2.32. The van der Waals surface area contributed by atoms with E-state index in [1.165, 1.54) is 25.7 Å². The molecule has 1 N–H and O–H groups in total. The molecule has 2 heterocycles. The Hall–Kier alpha value is -1.03. The van der Waals surface area contributed by atoms with Gasteiger partial charge in [0.05, 0.1) is 5.69 Å². The van der Waals surface area contributed by atoms with E-state index in [0.717, 1.165) is 44.3 Å². The summed E-state index contributed by atoms with van der Waals surface area (Å²) in [5.74, 6) is 0. The molecule has 20 heavy (non-hydrogen) atoms. The molecule has 2 rings (SSSR count). The van der Waals surface area contributed by atoms with Gasteiger partial charge in [0.25, 0.3) is 6.01 Å². The van der Waals surface area contributed by atoms with Crippen molar-refractivity contribution in [2.75, 3.05) is 24.5 Å². The Kier molecular flexibility index (Phi) is 5.46. The summed E-state index contributed by atoms with van der Waals surface area (Å²) < 4.78 is 5.65. The van der Waals surface area contributed by atoms with Crippen molar-refractivity contribution in [3.63, 3.8) is 0 Å². The van der Waals surface area contributed by atoms with Gasteiger partial charge < -0.3 is 14.6 Å². The predicted molar refractivity (Wildman–Crippen MR) is 83.0 cm³/mol. The molecule has 0 spiro atoms. The van der Waals surface area contributed by atoms with Gasteiger partial charge in [-0.15, -0.1) is 0 Å². The topological polar surface area (TPSA) is 41.3 Å². The van der Waals surface area contributed by atoms with Crippen LogP contribution >= 0.6 is 0 Å². The van der Waals surface area contributed by atoms with E-state index in [-0.39, 0.29) is 0 Å². The van der Waals surface area contributed by atoms with Crippen LogP contribution in [-0.4, -0.2) is 24.6 Å². The molecule has 0 bridgehead atoms. The van der Waals surface area contributed by atoms with Gasteiger partial charge in [-0.1, -0.05) is 33.6 Å². The van der Waals surface area contributed by atoms with Crippen LogP contribution in [0, 0.1) is 5.41 Å². The van der Waals surface area contributed by atoms with Crippen LogP contribution in [0.5, 0.6) is 0 Å². The Bertz CT molecular complexity index is 388. The molecule has 0 aromatic carbocycles. The van der Waals surface area contributed by atoms with E-state index in [1.54, 1.807) is 6.26 Å². The van der Waals surface area contributed by atoms with Crippen molar-refractivity contribution in [1.29, 1.82) is 0 Å². The Morgan fingerprint density at radius 2 is 1.95 bits per heavy atom. The fraction of sp³-hybridized carbons (Fsp3) is 0.812. The van der Waals surface area contributed by atoms with Gasteiger partial charge in [-0.3, -0.25) is 0 Å². The molecular weight excluding hydrogens is 250 g/mol. The highest BCUT2D eigenvalue weighted by molar-refractivity contribution is 5.28. The summed E-state index contributed by atoms with van der Waals surface area (Å²) in [6.45, 7) is 10.8. The number of hydrogen-bond donors (Lipinski definition) is 1. The molecule has 0 radical (unpaired) electrons. The summed E-state index contributed by atoms with van der Waals surface area (Å²) in [7, 11) is 0. The van der Waals surface area contributed by atoms with E-state index in [4.69, 9.17) is 4.42 Å². The third-order valence-corrected chi connectivity index (χ3v) is 4.87. The second-order valence-electron chi connectivity index (χ2n) is 5.99. The molecule has 1 aliphatic rings. The smallest absolute Gasteiger partial charge is 0.297 e. The number of oxazole rings is 1. The minimum absolute atomic E-state index is 0.550. The zero-order chi connectivity index (χ0) is 14.4. The normalized spacial score (nSPS) is 18.4. The maximum atomic E-state index is 5.65. The maximum absolute atomic E-state index is 5.65. The minimum atomic E-state index is 0.550. The van der Waals surface area contributed by atoms with E-state index < -0.39 is 0 Å². The molecule has 0 amide bonds. The first-order valence-corrected chi connectivity index (χ1v) is 8.13. The van der Waals surface area contributed by atoms with E-state index in [0.29, 0.717) is 5.41 Å². The lowest BCUT2D eigenvalue weighted by Crippen LogP contribution is -2.39. The SMILES string of the molecule is CCCNCc1coc(N2CCC(CC)(CC)CC2)n1. The van der Waals surface area contributed by atoms with Crippen molar-refractivity contribution in [3.8, 4) is 0 Å². The van der Waals surface area contributed by atoms with Gasteiger partial charge in [-0.2, -0.15) is 4.98 Å². The molecule has 0 atom stereocenters. The van der Waals surface area contributed by atoms with Gasteiger partial charge >= 0.3 is 0 Å². The lowest BCUT2D eigenvalue weighted by Gasteiger charge is -2.40. The molecule has 1 fully saturated rings. The summed E-state index contributed by atoms with van der Waals surface area (Å²) in [5.41, 5.74) is 1.56. The standard InChI is InChI=1S/C16H29N3O/c1-4-9-17-12-14-13-20-15(18-14)19-10-7-16(5-2,6-3)8-11-19/h13,17H,4-12H2,1-3H3. The molecule has 0 saturated carbocycles. The van der Waals surface area contributed by atoms with Crippen LogP contribution in [-0.2, 0) is 6.54 Å². The molecule has 1 aromatic heterocycles. The van der Waals surface area contributed by atoms with E-state index in [9.17, 15) is 0 Å². The van der Waals surface area contributed by atoms with Crippen molar-refractivity contribution in [2.24, 2.45) is 5.41 Å². The molecule has 114 valence electrons. The summed E-state index contributed by atoms with van der Waals surface area (Å²) in [4.78, 5) is 6.90. The number of anilines is 1. The number of aromatic nitrogens is 1. The monoisotopic (exact) mass is 279 g/mol. The molecule has 4 heteroatoms. The van der Waals surface area contributed by atoms with E-state index in [1.807, 2.05) is 0 Å². The number of nitrogens with zero attached hydrogens (tertiary/aromatic N) is 2. The van der Waals surface area contributed by atoms with Crippen LogP contribution in [0.25, 0.3) is 0 Å². The molecule has 0 aliphatic carbocycles. The first kappa shape index (κ1) is 15.4.